The second-order valence-electron chi connectivity index (χ2n) is 6.17. The molecular formula is C22H14IN3O3. The van der Waals surface area contributed by atoms with Gasteiger partial charge in [-0.15, -0.1) is 0 Å². The van der Waals surface area contributed by atoms with Crippen LogP contribution < -0.4 is 0 Å². The molecule has 29 heavy (non-hydrogen) atoms. The zero-order valence-corrected chi connectivity index (χ0v) is 17.2. The van der Waals surface area contributed by atoms with E-state index in [4.69, 9.17) is 4.42 Å². The number of benzene rings is 3. The maximum atomic E-state index is 10.8. The standard InChI is InChI=1S/C22H14IN3O3/c23-17-7-2-6-16(13-17)22-25-20-14-18(9-10-21(20)29-22)24-11-3-5-15-4-1-8-19(12-15)26(27)28/h1-14H. The highest BCUT2D eigenvalue weighted by Gasteiger charge is 2.09. The van der Waals surface area contributed by atoms with Crippen molar-refractivity contribution in [3.05, 3.63) is 92.1 Å². The number of nitro benzene ring substituents is 1. The molecule has 0 saturated heterocycles. The summed E-state index contributed by atoms with van der Waals surface area (Å²) in [5.41, 5.74) is 3.90. The van der Waals surface area contributed by atoms with Crippen molar-refractivity contribution in [1.82, 2.24) is 4.98 Å². The molecule has 0 aliphatic carbocycles. The van der Waals surface area contributed by atoms with Gasteiger partial charge in [-0.2, -0.15) is 0 Å². The van der Waals surface area contributed by atoms with Crippen LogP contribution in [0.4, 0.5) is 11.4 Å². The Morgan fingerprint density at radius 2 is 1.93 bits per heavy atom. The summed E-state index contributed by atoms with van der Waals surface area (Å²) >= 11 is 2.26. The van der Waals surface area contributed by atoms with Gasteiger partial charge in [-0.25, -0.2) is 4.98 Å². The highest BCUT2D eigenvalue weighted by atomic mass is 127. The molecule has 1 heterocycles. The molecule has 0 aliphatic rings. The molecule has 6 nitrogen and oxygen atoms in total. The fourth-order valence-corrected chi connectivity index (χ4v) is 3.31. The lowest BCUT2D eigenvalue weighted by molar-refractivity contribution is -0.384. The summed E-state index contributed by atoms with van der Waals surface area (Å²) in [6, 6.07) is 19.9. The van der Waals surface area contributed by atoms with Crippen LogP contribution in [0, 0.1) is 13.7 Å². The van der Waals surface area contributed by atoms with E-state index in [0.717, 1.165) is 25.9 Å². The Kier molecular flexibility index (Phi) is 5.48. The molecule has 3 aromatic carbocycles. The van der Waals surface area contributed by atoms with Crippen LogP contribution in [0.25, 0.3) is 28.6 Å². The first-order valence-electron chi connectivity index (χ1n) is 8.70. The lowest BCUT2D eigenvalue weighted by atomic mass is 10.2. The number of halogens is 1. The fraction of sp³-hybridized carbons (Fsp3) is 0. The monoisotopic (exact) mass is 495 g/mol. The Bertz CT molecular complexity index is 1260. The van der Waals surface area contributed by atoms with E-state index in [2.05, 4.69) is 32.6 Å². The van der Waals surface area contributed by atoms with Gasteiger partial charge in [0, 0.05) is 27.5 Å². The third-order valence-electron chi connectivity index (χ3n) is 4.12. The minimum Gasteiger partial charge on any atom is -0.436 e. The molecule has 4 aromatic rings. The Hall–Kier alpha value is -3.33. The van der Waals surface area contributed by atoms with E-state index in [1.54, 1.807) is 30.5 Å². The average molecular weight is 495 g/mol. The van der Waals surface area contributed by atoms with Crippen LogP contribution in [0.5, 0.6) is 0 Å². The normalized spacial score (nSPS) is 11.6. The lowest BCUT2D eigenvalue weighted by Gasteiger charge is -1.94. The van der Waals surface area contributed by atoms with E-state index in [0.29, 0.717) is 11.5 Å². The Morgan fingerprint density at radius 1 is 1.07 bits per heavy atom. The summed E-state index contributed by atoms with van der Waals surface area (Å²) in [5.74, 6) is 0.574. The molecule has 0 atom stereocenters. The van der Waals surface area contributed by atoms with Gasteiger partial charge < -0.3 is 4.42 Å². The highest BCUT2D eigenvalue weighted by molar-refractivity contribution is 14.1. The number of hydrogen-bond donors (Lipinski definition) is 0. The summed E-state index contributed by atoms with van der Waals surface area (Å²) in [7, 11) is 0. The van der Waals surface area contributed by atoms with E-state index in [1.807, 2.05) is 42.5 Å². The molecule has 1 aromatic heterocycles. The fourth-order valence-electron chi connectivity index (χ4n) is 2.77. The van der Waals surface area contributed by atoms with Crippen molar-refractivity contribution < 1.29 is 9.34 Å². The third kappa shape index (κ3) is 4.57. The molecule has 0 aliphatic heterocycles. The van der Waals surface area contributed by atoms with Crippen molar-refractivity contribution in [1.29, 1.82) is 0 Å². The SMILES string of the molecule is O=[N+]([O-])c1cccc(C=CC=Nc2ccc3oc(-c4cccc(I)c4)nc3c2)c1. The maximum absolute atomic E-state index is 10.8. The first kappa shape index (κ1) is 19.0. The lowest BCUT2D eigenvalue weighted by Crippen LogP contribution is -1.87. The molecule has 0 spiro atoms. The predicted octanol–water partition coefficient (Wildman–Crippen LogP) is 6.42. The topological polar surface area (TPSA) is 81.5 Å². The van der Waals surface area contributed by atoms with Gasteiger partial charge in [0.25, 0.3) is 5.69 Å². The number of rotatable bonds is 5. The molecular weight excluding hydrogens is 481 g/mol. The molecule has 0 radical (unpaired) electrons. The van der Waals surface area contributed by atoms with Crippen molar-refractivity contribution in [2.24, 2.45) is 4.99 Å². The number of aromatic nitrogens is 1. The number of aliphatic imine (C=N–C) groups is 1. The number of nitro groups is 1. The summed E-state index contributed by atoms with van der Waals surface area (Å²) < 4.78 is 6.96. The van der Waals surface area contributed by atoms with Crippen LogP contribution in [0.1, 0.15) is 5.56 Å². The van der Waals surface area contributed by atoms with Gasteiger partial charge in [0.1, 0.15) is 5.52 Å². The van der Waals surface area contributed by atoms with Gasteiger partial charge in [-0.3, -0.25) is 15.1 Å². The Labute approximate surface area is 179 Å². The summed E-state index contributed by atoms with van der Waals surface area (Å²) in [6.07, 6.45) is 5.14. The van der Waals surface area contributed by atoms with Crippen molar-refractivity contribution in [3.8, 4) is 11.5 Å². The van der Waals surface area contributed by atoms with Crippen LogP contribution in [0.2, 0.25) is 0 Å². The molecule has 0 fully saturated rings. The molecule has 0 saturated carbocycles. The first-order valence-corrected chi connectivity index (χ1v) is 9.78. The van der Waals surface area contributed by atoms with Crippen molar-refractivity contribution in [2.45, 2.75) is 0 Å². The number of nitrogens with zero attached hydrogens (tertiary/aromatic N) is 3. The van der Waals surface area contributed by atoms with Gasteiger partial charge in [0.2, 0.25) is 5.89 Å². The van der Waals surface area contributed by atoms with Crippen molar-refractivity contribution in [2.75, 3.05) is 0 Å². The van der Waals surface area contributed by atoms with E-state index in [9.17, 15) is 10.1 Å². The minimum absolute atomic E-state index is 0.0597. The Balaban J connectivity index is 1.52. The second kappa shape index (κ2) is 8.36. The van der Waals surface area contributed by atoms with E-state index >= 15 is 0 Å². The zero-order valence-electron chi connectivity index (χ0n) is 15.0. The molecule has 0 bridgehead atoms. The van der Waals surface area contributed by atoms with Gasteiger partial charge in [-0.05, 0) is 70.6 Å². The van der Waals surface area contributed by atoms with Crippen LogP contribution in [0.15, 0.2) is 82.2 Å². The van der Waals surface area contributed by atoms with E-state index in [-0.39, 0.29) is 5.69 Å². The summed E-state index contributed by atoms with van der Waals surface area (Å²) in [5, 5.41) is 10.8. The smallest absolute Gasteiger partial charge is 0.270 e. The zero-order chi connectivity index (χ0) is 20.2. The number of fused-ring (bicyclic) bond motifs is 1. The first-order chi connectivity index (χ1) is 14.1. The molecule has 7 heteroatoms. The van der Waals surface area contributed by atoms with E-state index < -0.39 is 4.92 Å². The minimum atomic E-state index is -0.414. The highest BCUT2D eigenvalue weighted by Crippen LogP contribution is 2.27. The number of oxazole rings is 1. The van der Waals surface area contributed by atoms with Crippen LogP contribution in [-0.4, -0.2) is 16.1 Å². The van der Waals surface area contributed by atoms with Crippen molar-refractivity contribution in [3.63, 3.8) is 0 Å². The maximum Gasteiger partial charge on any atom is 0.270 e. The van der Waals surface area contributed by atoms with Gasteiger partial charge in [0.15, 0.2) is 5.58 Å². The average Bonchev–Trinajstić information content (AvgIpc) is 3.15. The number of allylic oxidation sites excluding steroid dienone is 1. The van der Waals surface area contributed by atoms with Crippen molar-refractivity contribution >= 4 is 57.4 Å². The third-order valence-corrected chi connectivity index (χ3v) is 4.79. The second-order valence-corrected chi connectivity index (χ2v) is 7.42. The van der Waals surface area contributed by atoms with Crippen LogP contribution >= 0.6 is 22.6 Å². The predicted molar refractivity (Wildman–Crippen MR) is 122 cm³/mol. The number of hydrogen-bond acceptors (Lipinski definition) is 5. The van der Waals surface area contributed by atoms with Crippen LogP contribution in [-0.2, 0) is 0 Å². The Morgan fingerprint density at radius 3 is 2.76 bits per heavy atom. The van der Waals surface area contributed by atoms with Gasteiger partial charge in [-0.1, -0.05) is 24.3 Å². The van der Waals surface area contributed by atoms with Gasteiger partial charge in [0.05, 0.1) is 10.6 Å². The molecule has 0 unspecified atom stereocenters. The summed E-state index contributed by atoms with van der Waals surface area (Å²) in [6.45, 7) is 0. The van der Waals surface area contributed by atoms with Crippen LogP contribution in [0.3, 0.4) is 0 Å². The molecule has 0 amide bonds. The van der Waals surface area contributed by atoms with E-state index in [1.165, 1.54) is 12.1 Å². The molecule has 142 valence electrons. The molecule has 4 rings (SSSR count). The number of non-ortho nitro benzene ring substituents is 1. The summed E-state index contributed by atoms with van der Waals surface area (Å²) in [4.78, 5) is 19.4. The quantitative estimate of drug-likeness (QED) is 0.138. The van der Waals surface area contributed by atoms with Gasteiger partial charge >= 0.3 is 0 Å². The molecule has 0 N–H and O–H groups in total. The largest absolute Gasteiger partial charge is 0.436 e.